The third-order valence-corrected chi connectivity index (χ3v) is 3.61. The van der Waals surface area contributed by atoms with Crippen molar-refractivity contribution in [3.05, 3.63) is 66.2 Å². The zero-order valence-electron chi connectivity index (χ0n) is 18.7. The van der Waals surface area contributed by atoms with Gasteiger partial charge in [-0.2, -0.15) is 0 Å². The molecule has 0 fully saturated rings. The van der Waals surface area contributed by atoms with Gasteiger partial charge in [-0.25, -0.2) is 0 Å². The molecule has 0 aromatic heterocycles. The average Bonchev–Trinajstić information content (AvgIpc) is 2.70. The van der Waals surface area contributed by atoms with Crippen molar-refractivity contribution in [3.8, 4) is 5.75 Å². The Hall–Kier alpha value is -1.76. The van der Waals surface area contributed by atoms with Crippen molar-refractivity contribution in [1.82, 2.24) is 0 Å². The van der Waals surface area contributed by atoms with Crippen molar-refractivity contribution in [2.24, 2.45) is 5.92 Å². The predicted octanol–water partition coefficient (Wildman–Crippen LogP) is 8.15. The summed E-state index contributed by atoms with van der Waals surface area (Å²) >= 11 is 0. The van der Waals surface area contributed by atoms with Crippen molar-refractivity contribution >= 4 is 0 Å². The quantitative estimate of drug-likeness (QED) is 0.535. The number of hydrogen-bond acceptors (Lipinski definition) is 1. The summed E-state index contributed by atoms with van der Waals surface area (Å²) in [6.45, 7) is 19.9. The summed E-state index contributed by atoms with van der Waals surface area (Å²) < 4.78 is 5.56. The molecular formula is C25H42O. The SMILES string of the molecule is CC.CC.CC(C)(C)c1ccccc1.CCC(C)COc1ccccc1. The maximum absolute atomic E-state index is 5.56. The third kappa shape index (κ3) is 13.5. The van der Waals surface area contributed by atoms with Crippen LogP contribution in [0.15, 0.2) is 60.7 Å². The first-order valence-corrected chi connectivity index (χ1v) is 10.2. The predicted molar refractivity (Wildman–Crippen MR) is 119 cm³/mol. The van der Waals surface area contributed by atoms with E-state index in [2.05, 4.69) is 65.0 Å². The van der Waals surface area contributed by atoms with Gasteiger partial charge in [-0.05, 0) is 29.0 Å². The summed E-state index contributed by atoms with van der Waals surface area (Å²) in [6, 6.07) is 20.5. The van der Waals surface area contributed by atoms with Gasteiger partial charge in [0.05, 0.1) is 6.61 Å². The zero-order valence-corrected chi connectivity index (χ0v) is 18.7. The van der Waals surface area contributed by atoms with Crippen LogP contribution in [0.2, 0.25) is 0 Å². The van der Waals surface area contributed by atoms with E-state index in [1.807, 2.05) is 58.0 Å². The van der Waals surface area contributed by atoms with Crippen molar-refractivity contribution in [2.75, 3.05) is 6.61 Å². The zero-order chi connectivity index (χ0) is 20.4. The van der Waals surface area contributed by atoms with Crippen LogP contribution in [-0.4, -0.2) is 6.61 Å². The van der Waals surface area contributed by atoms with Crippen LogP contribution in [0, 0.1) is 5.92 Å². The minimum atomic E-state index is 0.293. The van der Waals surface area contributed by atoms with E-state index in [9.17, 15) is 0 Å². The fraction of sp³-hybridized carbons (Fsp3) is 0.520. The minimum Gasteiger partial charge on any atom is -0.493 e. The van der Waals surface area contributed by atoms with Gasteiger partial charge >= 0.3 is 0 Å². The van der Waals surface area contributed by atoms with Gasteiger partial charge in [-0.1, -0.05) is 117 Å². The number of ether oxygens (including phenoxy) is 1. The van der Waals surface area contributed by atoms with Gasteiger partial charge in [-0.15, -0.1) is 0 Å². The third-order valence-electron chi connectivity index (χ3n) is 3.61. The molecule has 148 valence electrons. The van der Waals surface area contributed by atoms with Crippen LogP contribution in [0.4, 0.5) is 0 Å². The highest BCUT2D eigenvalue weighted by Crippen LogP contribution is 2.20. The van der Waals surface area contributed by atoms with Crippen LogP contribution in [0.25, 0.3) is 0 Å². The molecule has 2 rings (SSSR count). The van der Waals surface area contributed by atoms with Gasteiger partial charge in [0.15, 0.2) is 0 Å². The lowest BCUT2D eigenvalue weighted by Gasteiger charge is -2.18. The van der Waals surface area contributed by atoms with E-state index in [4.69, 9.17) is 4.74 Å². The molecule has 2 aromatic rings. The smallest absolute Gasteiger partial charge is 0.119 e. The fourth-order valence-corrected chi connectivity index (χ4v) is 1.81. The molecule has 2 aromatic carbocycles. The molecule has 0 radical (unpaired) electrons. The lowest BCUT2D eigenvalue weighted by Crippen LogP contribution is -2.10. The summed E-state index contributed by atoms with van der Waals surface area (Å²) in [4.78, 5) is 0. The number of para-hydroxylation sites is 1. The normalized spacial score (nSPS) is 10.7. The summed E-state index contributed by atoms with van der Waals surface area (Å²) in [5, 5.41) is 0. The molecule has 0 saturated heterocycles. The van der Waals surface area contributed by atoms with Gasteiger partial charge < -0.3 is 4.74 Å². The van der Waals surface area contributed by atoms with Crippen LogP contribution in [0.1, 0.15) is 74.3 Å². The second kappa shape index (κ2) is 16.7. The molecule has 0 aliphatic rings. The van der Waals surface area contributed by atoms with Gasteiger partial charge in [0.1, 0.15) is 5.75 Å². The van der Waals surface area contributed by atoms with E-state index in [0.717, 1.165) is 12.4 Å². The van der Waals surface area contributed by atoms with Crippen LogP contribution < -0.4 is 4.74 Å². The van der Waals surface area contributed by atoms with Crippen molar-refractivity contribution in [2.45, 2.75) is 74.1 Å². The van der Waals surface area contributed by atoms with E-state index in [1.54, 1.807) is 0 Å². The van der Waals surface area contributed by atoms with Crippen molar-refractivity contribution < 1.29 is 4.74 Å². The Morgan fingerprint density at radius 3 is 1.54 bits per heavy atom. The second-order valence-corrected chi connectivity index (χ2v) is 6.75. The molecule has 0 amide bonds. The summed E-state index contributed by atoms with van der Waals surface area (Å²) in [7, 11) is 0. The van der Waals surface area contributed by atoms with Gasteiger partial charge in [0.25, 0.3) is 0 Å². The lowest BCUT2D eigenvalue weighted by molar-refractivity contribution is 0.256. The van der Waals surface area contributed by atoms with Gasteiger partial charge in [0.2, 0.25) is 0 Å². The number of hydrogen-bond donors (Lipinski definition) is 0. The monoisotopic (exact) mass is 358 g/mol. The molecular weight excluding hydrogens is 316 g/mol. The minimum absolute atomic E-state index is 0.293. The van der Waals surface area contributed by atoms with Crippen LogP contribution in [0.5, 0.6) is 5.75 Å². The summed E-state index contributed by atoms with van der Waals surface area (Å²) in [5.74, 6) is 1.61. The van der Waals surface area contributed by atoms with Gasteiger partial charge in [0, 0.05) is 0 Å². The maximum Gasteiger partial charge on any atom is 0.119 e. The van der Waals surface area contributed by atoms with Crippen molar-refractivity contribution in [3.63, 3.8) is 0 Å². The fourth-order valence-electron chi connectivity index (χ4n) is 1.81. The molecule has 0 N–H and O–H groups in total. The molecule has 0 aliphatic heterocycles. The van der Waals surface area contributed by atoms with E-state index < -0.39 is 0 Å². The van der Waals surface area contributed by atoms with Crippen LogP contribution >= 0.6 is 0 Å². The molecule has 1 unspecified atom stereocenters. The van der Waals surface area contributed by atoms with Crippen LogP contribution in [0.3, 0.4) is 0 Å². The van der Waals surface area contributed by atoms with E-state index in [0.29, 0.717) is 11.3 Å². The molecule has 26 heavy (non-hydrogen) atoms. The first-order valence-electron chi connectivity index (χ1n) is 10.2. The molecule has 1 heteroatoms. The Morgan fingerprint density at radius 1 is 0.769 bits per heavy atom. The molecule has 0 spiro atoms. The van der Waals surface area contributed by atoms with E-state index in [1.165, 1.54) is 12.0 Å². The summed E-state index contributed by atoms with van der Waals surface area (Å²) in [5.41, 5.74) is 1.69. The Bertz CT molecular complexity index is 497. The van der Waals surface area contributed by atoms with E-state index >= 15 is 0 Å². The second-order valence-electron chi connectivity index (χ2n) is 6.75. The highest BCUT2D eigenvalue weighted by Gasteiger charge is 2.11. The van der Waals surface area contributed by atoms with Crippen LogP contribution in [-0.2, 0) is 5.41 Å². The first-order chi connectivity index (χ1) is 12.4. The van der Waals surface area contributed by atoms with Crippen molar-refractivity contribution in [1.29, 1.82) is 0 Å². The molecule has 1 nitrogen and oxygen atoms in total. The molecule has 0 saturated carbocycles. The highest BCUT2D eigenvalue weighted by atomic mass is 16.5. The maximum atomic E-state index is 5.56. The Kier molecular flexibility index (Phi) is 17.0. The lowest BCUT2D eigenvalue weighted by atomic mass is 9.87. The molecule has 1 atom stereocenters. The average molecular weight is 359 g/mol. The van der Waals surface area contributed by atoms with Gasteiger partial charge in [-0.3, -0.25) is 0 Å². The molecule has 0 bridgehead atoms. The largest absolute Gasteiger partial charge is 0.493 e. The summed E-state index contributed by atoms with van der Waals surface area (Å²) in [6.07, 6.45) is 1.17. The highest BCUT2D eigenvalue weighted by molar-refractivity contribution is 5.22. The number of benzene rings is 2. The Labute approximate surface area is 163 Å². The Balaban J connectivity index is 0. The first kappa shape index (κ1) is 26.5. The number of rotatable bonds is 4. The van der Waals surface area contributed by atoms with E-state index in [-0.39, 0.29) is 0 Å². The Morgan fingerprint density at radius 2 is 1.19 bits per heavy atom. The molecule has 0 aliphatic carbocycles. The molecule has 0 heterocycles. The standard InChI is InChI=1S/C11H16O.C10H14.2C2H6/c1-3-10(2)9-12-11-7-5-4-6-8-11;1-10(2,3)9-7-5-4-6-8-9;2*1-2/h4-8,10H,3,9H2,1-2H3;4-8H,1-3H3;2*1-2H3. The topological polar surface area (TPSA) is 9.23 Å².